The van der Waals surface area contributed by atoms with Gasteiger partial charge in [-0.2, -0.15) is 0 Å². The average molecular weight is 363 g/mol. The molecular weight excluding hydrogens is 344 g/mol. The van der Waals surface area contributed by atoms with Crippen LogP contribution in [0.3, 0.4) is 0 Å². The molecule has 132 valence electrons. The highest BCUT2D eigenvalue weighted by molar-refractivity contribution is 6.30. The second kappa shape index (κ2) is 9.81. The van der Waals surface area contributed by atoms with Crippen molar-refractivity contribution in [2.24, 2.45) is 0 Å². The number of carbonyl (C=O) groups is 2. The normalized spacial score (nSPS) is 10.3. The highest BCUT2D eigenvalue weighted by Crippen LogP contribution is 2.15. The zero-order valence-electron chi connectivity index (χ0n) is 13.9. The lowest BCUT2D eigenvalue weighted by molar-refractivity contribution is -0.133. The van der Waals surface area contributed by atoms with Gasteiger partial charge in [0, 0.05) is 11.6 Å². The minimum Gasteiger partial charge on any atom is -0.460 e. The SMILES string of the molecule is CCOCCOC(=O)c1ccc(OC(=O)Cc2ccc(Cl)cc2)cc1. The Morgan fingerprint density at radius 3 is 2.28 bits per heavy atom. The number of esters is 2. The van der Waals surface area contributed by atoms with Gasteiger partial charge in [-0.25, -0.2) is 4.79 Å². The zero-order chi connectivity index (χ0) is 18.1. The molecule has 6 heteroatoms. The Bertz CT molecular complexity index is 695. The van der Waals surface area contributed by atoms with Gasteiger partial charge >= 0.3 is 11.9 Å². The average Bonchev–Trinajstić information content (AvgIpc) is 2.61. The first-order valence-electron chi connectivity index (χ1n) is 7.88. The van der Waals surface area contributed by atoms with Crippen LogP contribution in [0.1, 0.15) is 22.8 Å². The van der Waals surface area contributed by atoms with Gasteiger partial charge in [0.25, 0.3) is 0 Å². The Labute approximate surface area is 151 Å². The molecule has 2 rings (SSSR count). The van der Waals surface area contributed by atoms with Crippen LogP contribution in [0.5, 0.6) is 5.75 Å². The van der Waals surface area contributed by atoms with Crippen LogP contribution >= 0.6 is 11.6 Å². The molecule has 0 heterocycles. The van der Waals surface area contributed by atoms with Gasteiger partial charge in [-0.1, -0.05) is 23.7 Å². The molecule has 2 aromatic rings. The summed E-state index contributed by atoms with van der Waals surface area (Å²) in [5.41, 5.74) is 1.19. The Morgan fingerprint density at radius 2 is 1.64 bits per heavy atom. The summed E-state index contributed by atoms with van der Waals surface area (Å²) in [6.07, 6.45) is 0.137. The van der Waals surface area contributed by atoms with E-state index in [4.69, 9.17) is 25.8 Å². The summed E-state index contributed by atoms with van der Waals surface area (Å²) < 4.78 is 15.4. The van der Waals surface area contributed by atoms with Gasteiger partial charge in [-0.15, -0.1) is 0 Å². The van der Waals surface area contributed by atoms with E-state index in [1.165, 1.54) is 0 Å². The second-order valence-electron chi connectivity index (χ2n) is 5.13. The topological polar surface area (TPSA) is 61.8 Å². The van der Waals surface area contributed by atoms with Gasteiger partial charge in [0.2, 0.25) is 0 Å². The molecule has 0 fully saturated rings. The minimum absolute atomic E-state index is 0.137. The lowest BCUT2D eigenvalue weighted by atomic mass is 10.1. The van der Waals surface area contributed by atoms with E-state index in [2.05, 4.69) is 0 Å². The molecule has 0 N–H and O–H groups in total. The van der Waals surface area contributed by atoms with E-state index < -0.39 is 11.9 Å². The molecule has 0 saturated carbocycles. The van der Waals surface area contributed by atoms with E-state index in [-0.39, 0.29) is 13.0 Å². The summed E-state index contributed by atoms with van der Waals surface area (Å²) in [7, 11) is 0. The predicted octanol–water partition coefficient (Wildman–Crippen LogP) is 3.68. The maximum absolute atomic E-state index is 11.9. The Hall–Kier alpha value is -2.37. The van der Waals surface area contributed by atoms with E-state index in [0.717, 1.165) is 5.56 Å². The molecular formula is C19H19ClO5. The minimum atomic E-state index is -0.446. The molecule has 0 aliphatic heterocycles. The Morgan fingerprint density at radius 1 is 0.960 bits per heavy atom. The Kier molecular flexibility index (Phi) is 7.44. The lowest BCUT2D eigenvalue weighted by Gasteiger charge is -2.07. The maximum atomic E-state index is 11.9. The highest BCUT2D eigenvalue weighted by Gasteiger charge is 2.10. The van der Waals surface area contributed by atoms with Crippen LogP contribution in [-0.2, 0) is 20.7 Å². The van der Waals surface area contributed by atoms with Crippen molar-refractivity contribution in [1.29, 1.82) is 0 Å². The van der Waals surface area contributed by atoms with Crippen LogP contribution in [0.15, 0.2) is 48.5 Å². The van der Waals surface area contributed by atoms with Crippen LogP contribution in [0.2, 0.25) is 5.02 Å². The maximum Gasteiger partial charge on any atom is 0.338 e. The molecule has 0 amide bonds. The molecule has 0 saturated heterocycles. The summed E-state index contributed by atoms with van der Waals surface area (Å²) in [4.78, 5) is 23.7. The van der Waals surface area contributed by atoms with Crippen molar-refractivity contribution in [3.63, 3.8) is 0 Å². The van der Waals surface area contributed by atoms with Crippen LogP contribution in [0.4, 0.5) is 0 Å². The summed E-state index contributed by atoms with van der Waals surface area (Å²) >= 11 is 5.80. The standard InChI is InChI=1S/C19H19ClO5/c1-2-23-11-12-24-19(22)15-5-9-17(10-6-15)25-18(21)13-14-3-7-16(20)8-4-14/h3-10H,2,11-13H2,1H3. The number of benzene rings is 2. The van der Waals surface area contributed by atoms with Crippen molar-refractivity contribution in [3.05, 3.63) is 64.7 Å². The van der Waals surface area contributed by atoms with E-state index in [0.29, 0.717) is 29.5 Å². The molecule has 25 heavy (non-hydrogen) atoms. The quantitative estimate of drug-likeness (QED) is 0.407. The van der Waals surface area contributed by atoms with Crippen molar-refractivity contribution in [3.8, 4) is 5.75 Å². The van der Waals surface area contributed by atoms with E-state index in [1.54, 1.807) is 48.5 Å². The molecule has 5 nitrogen and oxygen atoms in total. The third-order valence-electron chi connectivity index (χ3n) is 3.25. The number of halogens is 1. The molecule has 0 atom stereocenters. The van der Waals surface area contributed by atoms with Gasteiger partial charge in [0.1, 0.15) is 12.4 Å². The van der Waals surface area contributed by atoms with E-state index in [9.17, 15) is 9.59 Å². The fourth-order valence-corrected chi connectivity index (χ4v) is 2.14. The van der Waals surface area contributed by atoms with Crippen LogP contribution in [-0.4, -0.2) is 31.8 Å². The molecule has 0 aliphatic carbocycles. The third kappa shape index (κ3) is 6.57. The molecule has 2 aromatic carbocycles. The van der Waals surface area contributed by atoms with E-state index in [1.807, 2.05) is 6.92 Å². The summed E-state index contributed by atoms with van der Waals surface area (Å²) in [6.45, 7) is 3.01. The van der Waals surface area contributed by atoms with E-state index >= 15 is 0 Å². The monoisotopic (exact) mass is 362 g/mol. The predicted molar refractivity (Wildman–Crippen MR) is 94.0 cm³/mol. The number of ether oxygens (including phenoxy) is 3. The molecule has 0 radical (unpaired) electrons. The number of hydrogen-bond donors (Lipinski definition) is 0. The van der Waals surface area contributed by atoms with Gasteiger partial charge in [-0.05, 0) is 48.9 Å². The van der Waals surface area contributed by atoms with Gasteiger partial charge in [0.05, 0.1) is 18.6 Å². The first-order chi connectivity index (χ1) is 12.1. The molecule has 0 unspecified atom stereocenters. The number of carbonyl (C=O) groups excluding carboxylic acids is 2. The molecule has 0 aromatic heterocycles. The van der Waals surface area contributed by atoms with Crippen molar-refractivity contribution < 1.29 is 23.8 Å². The van der Waals surface area contributed by atoms with Crippen molar-refractivity contribution in [2.75, 3.05) is 19.8 Å². The third-order valence-corrected chi connectivity index (χ3v) is 3.50. The van der Waals surface area contributed by atoms with Gasteiger partial charge in [-0.3, -0.25) is 4.79 Å². The van der Waals surface area contributed by atoms with Crippen LogP contribution < -0.4 is 4.74 Å². The lowest BCUT2D eigenvalue weighted by Crippen LogP contribution is -2.12. The van der Waals surface area contributed by atoms with Crippen molar-refractivity contribution >= 4 is 23.5 Å². The number of hydrogen-bond acceptors (Lipinski definition) is 5. The highest BCUT2D eigenvalue weighted by atomic mass is 35.5. The number of rotatable bonds is 8. The first kappa shape index (κ1) is 19.0. The fraction of sp³-hybridized carbons (Fsp3) is 0.263. The summed E-state index contributed by atoms with van der Waals surface area (Å²) in [5.74, 6) is -0.474. The Balaban J connectivity index is 1.83. The van der Waals surface area contributed by atoms with Gasteiger partial charge in [0.15, 0.2) is 0 Å². The van der Waals surface area contributed by atoms with Crippen molar-refractivity contribution in [1.82, 2.24) is 0 Å². The largest absolute Gasteiger partial charge is 0.460 e. The van der Waals surface area contributed by atoms with Crippen molar-refractivity contribution in [2.45, 2.75) is 13.3 Å². The molecule has 0 bridgehead atoms. The zero-order valence-corrected chi connectivity index (χ0v) is 14.6. The smallest absolute Gasteiger partial charge is 0.338 e. The first-order valence-corrected chi connectivity index (χ1v) is 8.26. The molecule has 0 spiro atoms. The summed E-state index contributed by atoms with van der Waals surface area (Å²) in [6, 6.07) is 13.2. The second-order valence-corrected chi connectivity index (χ2v) is 5.57. The molecule has 0 aliphatic rings. The fourth-order valence-electron chi connectivity index (χ4n) is 2.02. The van der Waals surface area contributed by atoms with Gasteiger partial charge < -0.3 is 14.2 Å². The summed E-state index contributed by atoms with van der Waals surface area (Å²) in [5, 5.41) is 0.612. The van der Waals surface area contributed by atoms with Crippen LogP contribution in [0, 0.1) is 0 Å². The van der Waals surface area contributed by atoms with Crippen LogP contribution in [0.25, 0.3) is 0 Å².